The topological polar surface area (TPSA) is 98.7 Å². The predicted octanol–water partition coefficient (Wildman–Crippen LogP) is 3.29. The van der Waals surface area contributed by atoms with E-state index in [1.807, 2.05) is 22.6 Å². The van der Waals surface area contributed by atoms with Crippen molar-refractivity contribution in [3.8, 4) is 5.75 Å². The predicted molar refractivity (Wildman–Crippen MR) is 112 cm³/mol. The second kappa shape index (κ2) is 8.09. The second-order valence-corrected chi connectivity index (χ2v) is 7.72. The van der Waals surface area contributed by atoms with E-state index in [2.05, 4.69) is 26.6 Å². The Morgan fingerprint density at radius 2 is 1.93 bits per heavy atom. The van der Waals surface area contributed by atoms with Crippen molar-refractivity contribution >= 4 is 68.1 Å². The number of nitrogens with one attached hydrogen (secondary N) is 2. The molecule has 1 saturated heterocycles. The van der Waals surface area contributed by atoms with Gasteiger partial charge in [-0.25, -0.2) is 9.69 Å². The molecule has 3 N–H and O–H groups in total. The summed E-state index contributed by atoms with van der Waals surface area (Å²) >= 11 is 5.26. The Balaban J connectivity index is 1.70. The lowest BCUT2D eigenvalue weighted by Gasteiger charge is -2.12. The highest BCUT2D eigenvalue weighted by atomic mass is 127. The number of anilines is 1. The molecule has 0 spiro atoms. The summed E-state index contributed by atoms with van der Waals surface area (Å²) in [5, 5.41) is 14.6. The molecule has 1 fully saturated rings. The van der Waals surface area contributed by atoms with Crippen LogP contribution in [-0.4, -0.2) is 34.4 Å². The van der Waals surface area contributed by atoms with E-state index in [0.717, 1.165) is 9.37 Å². The number of carbonyl (C=O) groups is 3. The third kappa shape index (κ3) is 4.66. The third-order valence-electron chi connectivity index (χ3n) is 3.67. The first-order valence-corrected chi connectivity index (χ1v) is 9.59. The number of benzene rings is 2. The standard InChI is InChI=1S/C18H13BrIN3O4/c19-11-2-4-12(5-3-11)21-16(25)9-23-17(26)14(22-18(23)27)8-10-1-6-15(24)13(20)7-10/h1-8,24H,9H2,(H,21,25)(H,22,27)/b14-8-. The largest absolute Gasteiger partial charge is 0.507 e. The van der Waals surface area contributed by atoms with E-state index in [1.165, 1.54) is 12.1 Å². The lowest BCUT2D eigenvalue weighted by molar-refractivity contribution is -0.127. The van der Waals surface area contributed by atoms with E-state index in [9.17, 15) is 19.5 Å². The minimum absolute atomic E-state index is 0.0675. The second-order valence-electron chi connectivity index (χ2n) is 5.65. The molecule has 0 saturated carbocycles. The fraction of sp³-hybridized carbons (Fsp3) is 0.0556. The molecule has 138 valence electrons. The van der Waals surface area contributed by atoms with Gasteiger partial charge in [-0.15, -0.1) is 0 Å². The summed E-state index contributed by atoms with van der Waals surface area (Å²) in [7, 11) is 0. The van der Waals surface area contributed by atoms with Crippen LogP contribution in [0.2, 0.25) is 0 Å². The van der Waals surface area contributed by atoms with Crippen molar-refractivity contribution in [3.05, 3.63) is 61.8 Å². The van der Waals surface area contributed by atoms with Crippen LogP contribution in [0.15, 0.2) is 52.6 Å². The number of phenols is 1. The molecule has 2 aromatic rings. The molecule has 7 nitrogen and oxygen atoms in total. The van der Waals surface area contributed by atoms with E-state index in [4.69, 9.17) is 0 Å². The quantitative estimate of drug-likeness (QED) is 0.314. The highest BCUT2D eigenvalue weighted by Crippen LogP contribution is 2.22. The van der Waals surface area contributed by atoms with Crippen LogP contribution in [-0.2, 0) is 9.59 Å². The molecule has 0 atom stereocenters. The molecule has 0 unspecified atom stereocenters. The van der Waals surface area contributed by atoms with Crippen molar-refractivity contribution in [2.45, 2.75) is 0 Å². The van der Waals surface area contributed by atoms with Crippen molar-refractivity contribution < 1.29 is 19.5 Å². The summed E-state index contributed by atoms with van der Waals surface area (Å²) in [5.41, 5.74) is 1.27. The summed E-state index contributed by atoms with van der Waals surface area (Å²) in [4.78, 5) is 37.5. The van der Waals surface area contributed by atoms with Crippen LogP contribution in [0.4, 0.5) is 10.5 Å². The van der Waals surface area contributed by atoms with E-state index in [0.29, 0.717) is 14.8 Å². The van der Waals surface area contributed by atoms with Crippen LogP contribution in [0, 0.1) is 3.57 Å². The summed E-state index contributed by atoms with van der Waals surface area (Å²) in [5.74, 6) is -0.943. The van der Waals surface area contributed by atoms with Gasteiger partial charge in [0.15, 0.2) is 0 Å². The zero-order valence-corrected chi connectivity index (χ0v) is 17.4. The molecular weight excluding hydrogens is 529 g/mol. The zero-order valence-electron chi connectivity index (χ0n) is 13.7. The molecule has 0 aromatic heterocycles. The van der Waals surface area contributed by atoms with Gasteiger partial charge in [-0.2, -0.15) is 0 Å². The Morgan fingerprint density at radius 3 is 2.59 bits per heavy atom. The minimum Gasteiger partial charge on any atom is -0.507 e. The average molecular weight is 542 g/mol. The van der Waals surface area contributed by atoms with E-state index >= 15 is 0 Å². The van der Waals surface area contributed by atoms with Crippen molar-refractivity contribution in [3.63, 3.8) is 0 Å². The van der Waals surface area contributed by atoms with Gasteiger partial charge in [0.1, 0.15) is 18.0 Å². The Morgan fingerprint density at radius 1 is 1.22 bits per heavy atom. The number of rotatable bonds is 4. The molecular formula is C18H13BrIN3O4. The number of halogens is 2. The summed E-state index contributed by atoms with van der Waals surface area (Å²) in [6.07, 6.45) is 1.49. The molecule has 0 aliphatic carbocycles. The van der Waals surface area contributed by atoms with Gasteiger partial charge in [-0.05, 0) is 70.6 Å². The number of amides is 4. The van der Waals surface area contributed by atoms with Gasteiger partial charge in [0.05, 0.1) is 3.57 Å². The number of phenolic OH excluding ortho intramolecular Hbond substituents is 1. The van der Waals surface area contributed by atoms with Gasteiger partial charge in [0.25, 0.3) is 5.91 Å². The van der Waals surface area contributed by atoms with Crippen LogP contribution in [0.1, 0.15) is 5.56 Å². The summed E-state index contributed by atoms with van der Waals surface area (Å²) in [6.45, 7) is -0.398. The molecule has 0 bridgehead atoms. The first kappa shape index (κ1) is 19.4. The lowest BCUT2D eigenvalue weighted by Crippen LogP contribution is -2.38. The first-order chi connectivity index (χ1) is 12.8. The van der Waals surface area contributed by atoms with Gasteiger partial charge in [-0.1, -0.05) is 22.0 Å². The van der Waals surface area contributed by atoms with Crippen LogP contribution < -0.4 is 10.6 Å². The smallest absolute Gasteiger partial charge is 0.329 e. The van der Waals surface area contributed by atoms with Gasteiger partial charge in [-0.3, -0.25) is 9.59 Å². The van der Waals surface area contributed by atoms with Gasteiger partial charge in [0, 0.05) is 10.2 Å². The molecule has 2 aromatic carbocycles. The molecule has 1 heterocycles. The molecule has 27 heavy (non-hydrogen) atoms. The van der Waals surface area contributed by atoms with Gasteiger partial charge >= 0.3 is 6.03 Å². The Kier molecular flexibility index (Phi) is 5.80. The van der Waals surface area contributed by atoms with E-state index in [1.54, 1.807) is 36.4 Å². The van der Waals surface area contributed by atoms with Crippen LogP contribution in [0.3, 0.4) is 0 Å². The van der Waals surface area contributed by atoms with Crippen molar-refractivity contribution in [1.82, 2.24) is 10.2 Å². The maximum atomic E-state index is 12.4. The SMILES string of the molecule is O=C(CN1C(=O)N/C(=C\c2ccc(O)c(I)c2)C1=O)Nc1ccc(Br)cc1. The van der Waals surface area contributed by atoms with Crippen LogP contribution >= 0.6 is 38.5 Å². The van der Waals surface area contributed by atoms with Crippen molar-refractivity contribution in [1.29, 1.82) is 0 Å². The van der Waals surface area contributed by atoms with Crippen molar-refractivity contribution in [2.24, 2.45) is 0 Å². The molecule has 1 aliphatic rings. The number of carbonyl (C=O) groups excluding carboxylic acids is 3. The fourth-order valence-corrected chi connectivity index (χ4v) is 3.18. The maximum Gasteiger partial charge on any atom is 0.329 e. The highest BCUT2D eigenvalue weighted by molar-refractivity contribution is 14.1. The Hall–Kier alpha value is -2.40. The van der Waals surface area contributed by atoms with Crippen LogP contribution in [0.5, 0.6) is 5.75 Å². The number of nitrogens with zero attached hydrogens (tertiary/aromatic N) is 1. The number of hydrogen-bond acceptors (Lipinski definition) is 4. The number of urea groups is 1. The lowest BCUT2D eigenvalue weighted by atomic mass is 10.2. The van der Waals surface area contributed by atoms with E-state index in [-0.39, 0.29) is 11.4 Å². The number of imide groups is 1. The zero-order chi connectivity index (χ0) is 19.6. The first-order valence-electron chi connectivity index (χ1n) is 7.72. The maximum absolute atomic E-state index is 12.4. The molecule has 4 amide bonds. The van der Waals surface area contributed by atoms with Crippen molar-refractivity contribution in [2.75, 3.05) is 11.9 Å². The summed E-state index contributed by atoms with van der Waals surface area (Å²) < 4.78 is 1.48. The van der Waals surface area contributed by atoms with Gasteiger partial charge in [0.2, 0.25) is 5.91 Å². The Labute approximate surface area is 176 Å². The normalized spacial score (nSPS) is 15.2. The highest BCUT2D eigenvalue weighted by Gasteiger charge is 2.34. The van der Waals surface area contributed by atoms with Crippen LogP contribution in [0.25, 0.3) is 6.08 Å². The molecule has 3 rings (SSSR count). The summed E-state index contributed by atoms with van der Waals surface area (Å²) in [6, 6.07) is 11.1. The molecule has 0 radical (unpaired) electrons. The van der Waals surface area contributed by atoms with E-state index < -0.39 is 24.4 Å². The van der Waals surface area contributed by atoms with Gasteiger partial charge < -0.3 is 15.7 Å². The molecule has 1 aliphatic heterocycles. The average Bonchev–Trinajstić information content (AvgIpc) is 2.87. The third-order valence-corrected chi connectivity index (χ3v) is 5.07. The molecule has 9 heteroatoms. The monoisotopic (exact) mass is 541 g/mol. The number of aromatic hydroxyl groups is 1. The Bertz CT molecular complexity index is 960. The fourth-order valence-electron chi connectivity index (χ4n) is 2.37. The number of hydrogen-bond donors (Lipinski definition) is 3. The minimum atomic E-state index is -0.661.